The summed E-state index contributed by atoms with van der Waals surface area (Å²) < 4.78 is 0. The predicted molar refractivity (Wildman–Crippen MR) is 83.2 cm³/mol. The van der Waals surface area contributed by atoms with Crippen molar-refractivity contribution < 1.29 is 0 Å². The maximum absolute atomic E-state index is 7.60. The second-order valence-electron chi connectivity index (χ2n) is 4.27. The molecule has 0 aliphatic rings. The molecule has 3 N–H and O–H groups in total. The molecule has 0 aliphatic heterocycles. The molecule has 0 saturated carbocycles. The van der Waals surface area contributed by atoms with Gasteiger partial charge in [0.15, 0.2) is 0 Å². The van der Waals surface area contributed by atoms with Crippen molar-refractivity contribution in [2.45, 2.75) is 17.6 Å². The highest BCUT2D eigenvalue weighted by Crippen LogP contribution is 2.29. The Morgan fingerprint density at radius 2 is 2.00 bits per heavy atom. The molecule has 4 heteroatoms. The van der Waals surface area contributed by atoms with Crippen LogP contribution in [0.3, 0.4) is 0 Å². The van der Waals surface area contributed by atoms with Crippen LogP contribution >= 0.6 is 23.4 Å². The number of amidine groups is 1. The zero-order valence-corrected chi connectivity index (χ0v) is 12.2. The Morgan fingerprint density at radius 1 is 1.26 bits per heavy atom. The molecule has 0 atom stereocenters. The maximum Gasteiger partial charge on any atom is 0.123 e. The van der Waals surface area contributed by atoms with E-state index in [1.807, 2.05) is 24.3 Å². The van der Waals surface area contributed by atoms with Gasteiger partial charge in [-0.1, -0.05) is 35.9 Å². The number of aryl methyl sites for hydroxylation is 1. The molecule has 0 amide bonds. The van der Waals surface area contributed by atoms with Gasteiger partial charge in [0.25, 0.3) is 0 Å². The third kappa shape index (κ3) is 3.52. The van der Waals surface area contributed by atoms with Crippen molar-refractivity contribution in [1.29, 1.82) is 5.41 Å². The number of nitrogens with two attached hydrogens (primary N) is 1. The number of thioether (sulfide) groups is 1. The minimum atomic E-state index is 0.0507. The first-order valence-electron chi connectivity index (χ1n) is 5.89. The van der Waals surface area contributed by atoms with E-state index >= 15 is 0 Å². The normalized spacial score (nSPS) is 10.4. The van der Waals surface area contributed by atoms with Gasteiger partial charge >= 0.3 is 0 Å². The number of hydrogen-bond acceptors (Lipinski definition) is 2. The Balaban J connectivity index is 2.20. The van der Waals surface area contributed by atoms with Gasteiger partial charge in [0.1, 0.15) is 5.84 Å². The molecule has 98 valence electrons. The van der Waals surface area contributed by atoms with Crippen molar-refractivity contribution in [2.75, 3.05) is 0 Å². The lowest BCUT2D eigenvalue weighted by atomic mass is 10.1. The van der Waals surface area contributed by atoms with Gasteiger partial charge in [-0.3, -0.25) is 5.41 Å². The topological polar surface area (TPSA) is 49.9 Å². The summed E-state index contributed by atoms with van der Waals surface area (Å²) in [6, 6.07) is 13.8. The van der Waals surface area contributed by atoms with E-state index in [1.54, 1.807) is 17.8 Å². The summed E-state index contributed by atoms with van der Waals surface area (Å²) in [6.45, 7) is 2.10. The monoisotopic (exact) mass is 290 g/mol. The van der Waals surface area contributed by atoms with E-state index in [9.17, 15) is 0 Å². The van der Waals surface area contributed by atoms with Gasteiger partial charge in [-0.05, 0) is 36.2 Å². The van der Waals surface area contributed by atoms with Gasteiger partial charge < -0.3 is 5.73 Å². The van der Waals surface area contributed by atoms with Gasteiger partial charge in [-0.25, -0.2) is 0 Å². The van der Waals surface area contributed by atoms with E-state index in [-0.39, 0.29) is 5.84 Å². The first kappa shape index (κ1) is 14.0. The van der Waals surface area contributed by atoms with E-state index in [4.69, 9.17) is 22.7 Å². The Kier molecular flexibility index (Phi) is 4.51. The summed E-state index contributed by atoms with van der Waals surface area (Å²) in [6.07, 6.45) is 0. The van der Waals surface area contributed by atoms with Gasteiger partial charge in [0.05, 0.1) is 0 Å². The largest absolute Gasteiger partial charge is 0.384 e. The van der Waals surface area contributed by atoms with Crippen molar-refractivity contribution >= 4 is 29.2 Å². The Bertz CT molecular complexity index is 611. The van der Waals surface area contributed by atoms with Crippen LogP contribution in [0.2, 0.25) is 5.02 Å². The predicted octanol–water partition coefficient (Wildman–Crippen LogP) is 4.22. The van der Waals surface area contributed by atoms with E-state index in [1.165, 1.54) is 11.1 Å². The minimum absolute atomic E-state index is 0.0507. The lowest BCUT2D eigenvalue weighted by molar-refractivity contribution is 1.29. The van der Waals surface area contributed by atoms with Gasteiger partial charge in [0, 0.05) is 21.2 Å². The lowest BCUT2D eigenvalue weighted by Gasteiger charge is -2.09. The summed E-state index contributed by atoms with van der Waals surface area (Å²) in [7, 11) is 0. The fourth-order valence-electron chi connectivity index (χ4n) is 1.77. The third-order valence-corrected chi connectivity index (χ3v) is 4.23. The van der Waals surface area contributed by atoms with Crippen LogP contribution in [-0.2, 0) is 5.75 Å². The van der Waals surface area contributed by atoms with E-state index in [0.29, 0.717) is 10.6 Å². The summed E-state index contributed by atoms with van der Waals surface area (Å²) in [5.41, 5.74) is 8.85. The Hall–Kier alpha value is -1.45. The molecular formula is C15H15ClN2S. The van der Waals surface area contributed by atoms with Crippen molar-refractivity contribution in [3.05, 3.63) is 64.2 Å². The zero-order valence-electron chi connectivity index (χ0n) is 10.6. The Labute approximate surface area is 122 Å². The van der Waals surface area contributed by atoms with Crippen molar-refractivity contribution in [2.24, 2.45) is 5.73 Å². The van der Waals surface area contributed by atoms with Crippen LogP contribution in [0.25, 0.3) is 0 Å². The SMILES string of the molecule is Cc1ccccc1CSc1ccc(Cl)cc1C(=N)N. The number of halogens is 1. The van der Waals surface area contributed by atoms with Crippen molar-refractivity contribution in [1.82, 2.24) is 0 Å². The average molecular weight is 291 g/mol. The first-order chi connectivity index (χ1) is 9.08. The van der Waals surface area contributed by atoms with Crippen LogP contribution in [-0.4, -0.2) is 5.84 Å². The fraction of sp³-hybridized carbons (Fsp3) is 0.133. The molecule has 0 aromatic heterocycles. The maximum atomic E-state index is 7.60. The van der Waals surface area contributed by atoms with Crippen LogP contribution in [0.15, 0.2) is 47.4 Å². The first-order valence-corrected chi connectivity index (χ1v) is 7.25. The number of benzene rings is 2. The molecule has 0 spiro atoms. The van der Waals surface area contributed by atoms with Crippen LogP contribution in [0.4, 0.5) is 0 Å². The number of nitrogen functional groups attached to an aromatic ring is 1. The molecule has 19 heavy (non-hydrogen) atoms. The second-order valence-corrected chi connectivity index (χ2v) is 5.72. The summed E-state index contributed by atoms with van der Waals surface area (Å²) >= 11 is 7.61. The molecule has 0 heterocycles. The fourth-order valence-corrected chi connectivity index (χ4v) is 3.06. The molecule has 0 saturated heterocycles. The van der Waals surface area contributed by atoms with Crippen LogP contribution < -0.4 is 5.73 Å². The van der Waals surface area contributed by atoms with Crippen molar-refractivity contribution in [3.63, 3.8) is 0 Å². The lowest BCUT2D eigenvalue weighted by Crippen LogP contribution is -2.12. The standard InChI is InChI=1S/C15H15ClN2S/c1-10-4-2-3-5-11(10)9-19-14-7-6-12(16)8-13(14)15(17)18/h2-8H,9H2,1H3,(H3,17,18). The molecule has 2 nitrogen and oxygen atoms in total. The van der Waals surface area contributed by atoms with Gasteiger partial charge in [-0.15, -0.1) is 11.8 Å². The summed E-state index contributed by atoms with van der Waals surface area (Å²) in [4.78, 5) is 0.986. The van der Waals surface area contributed by atoms with E-state index in [2.05, 4.69) is 19.1 Å². The molecular weight excluding hydrogens is 276 g/mol. The zero-order chi connectivity index (χ0) is 13.8. The number of hydrogen-bond donors (Lipinski definition) is 2. The average Bonchev–Trinajstić information content (AvgIpc) is 2.38. The molecule has 0 bridgehead atoms. The van der Waals surface area contributed by atoms with Gasteiger partial charge in [-0.2, -0.15) is 0 Å². The molecule has 0 radical (unpaired) electrons. The molecule has 2 aromatic rings. The van der Waals surface area contributed by atoms with Crippen molar-refractivity contribution in [3.8, 4) is 0 Å². The minimum Gasteiger partial charge on any atom is -0.384 e. The molecule has 0 unspecified atom stereocenters. The van der Waals surface area contributed by atoms with E-state index < -0.39 is 0 Å². The highest BCUT2D eigenvalue weighted by Gasteiger charge is 2.08. The summed E-state index contributed by atoms with van der Waals surface area (Å²) in [5.74, 6) is 0.906. The molecule has 0 aliphatic carbocycles. The third-order valence-electron chi connectivity index (χ3n) is 2.88. The molecule has 2 aromatic carbocycles. The van der Waals surface area contributed by atoms with Crippen LogP contribution in [0.5, 0.6) is 0 Å². The number of nitrogens with one attached hydrogen (secondary N) is 1. The quantitative estimate of drug-likeness (QED) is 0.503. The van der Waals surface area contributed by atoms with Crippen LogP contribution in [0.1, 0.15) is 16.7 Å². The number of rotatable bonds is 4. The second kappa shape index (κ2) is 6.13. The highest BCUT2D eigenvalue weighted by molar-refractivity contribution is 7.98. The summed E-state index contributed by atoms with van der Waals surface area (Å²) in [5, 5.41) is 8.21. The van der Waals surface area contributed by atoms with Gasteiger partial charge in [0.2, 0.25) is 0 Å². The smallest absolute Gasteiger partial charge is 0.123 e. The highest BCUT2D eigenvalue weighted by atomic mass is 35.5. The Morgan fingerprint density at radius 3 is 2.68 bits per heavy atom. The molecule has 2 rings (SSSR count). The molecule has 0 fully saturated rings. The van der Waals surface area contributed by atoms with E-state index in [0.717, 1.165) is 10.6 Å². The van der Waals surface area contributed by atoms with Crippen LogP contribution in [0, 0.1) is 12.3 Å².